The van der Waals surface area contributed by atoms with Crippen molar-refractivity contribution in [2.45, 2.75) is 19.3 Å². The van der Waals surface area contributed by atoms with E-state index < -0.39 is 0 Å². The third-order valence-electron chi connectivity index (χ3n) is 2.78. The molecule has 0 aliphatic carbocycles. The molecule has 0 amide bonds. The number of hydrogen-bond donors (Lipinski definition) is 0. The zero-order valence-electron chi connectivity index (χ0n) is 10.8. The van der Waals surface area contributed by atoms with Crippen molar-refractivity contribution in [3.05, 3.63) is 30.0 Å². The van der Waals surface area contributed by atoms with Crippen LogP contribution in [0.1, 0.15) is 24.8 Å². The fraction of sp³-hybridized carbons (Fsp3) is 0.357. The molecule has 1 aromatic heterocycles. The van der Waals surface area contributed by atoms with Gasteiger partial charge < -0.3 is 4.74 Å². The summed E-state index contributed by atoms with van der Waals surface area (Å²) in [6, 6.07) is 6.28. The van der Waals surface area contributed by atoms with Gasteiger partial charge in [-0.15, -0.1) is 0 Å². The lowest BCUT2D eigenvalue weighted by Crippen LogP contribution is -1.86. The van der Waals surface area contributed by atoms with Crippen molar-refractivity contribution in [1.29, 1.82) is 0 Å². The summed E-state index contributed by atoms with van der Waals surface area (Å²) < 4.78 is 7.02. The Morgan fingerprint density at radius 1 is 1.42 bits per heavy atom. The number of methoxy groups -OCH3 is 1. The van der Waals surface area contributed by atoms with Crippen molar-refractivity contribution in [3.8, 4) is 11.8 Å². The fourth-order valence-electron chi connectivity index (χ4n) is 1.80. The average Bonchev–Trinajstić information content (AvgIpc) is 2.85. The first-order valence-electron chi connectivity index (χ1n) is 6.17. The second kappa shape index (κ2) is 7.84. The minimum absolute atomic E-state index is 0.633. The summed E-state index contributed by atoms with van der Waals surface area (Å²) in [4.78, 5) is 0. The minimum Gasteiger partial charge on any atom is -0.385 e. The summed E-state index contributed by atoms with van der Waals surface area (Å²) in [5.41, 5.74) is 2.24. The molecule has 5 heteroatoms. The van der Waals surface area contributed by atoms with E-state index in [-0.39, 0.29) is 0 Å². The molecule has 0 fully saturated rings. The molecule has 0 N–H and O–H groups in total. The lowest BCUT2D eigenvalue weighted by Gasteiger charge is -1.97. The molecule has 3 nitrogen and oxygen atoms in total. The molecule has 0 aliphatic heterocycles. The van der Waals surface area contributed by atoms with Gasteiger partial charge in [0.05, 0.1) is 18.1 Å². The lowest BCUT2D eigenvalue weighted by molar-refractivity contribution is 0.193. The van der Waals surface area contributed by atoms with Gasteiger partial charge in [0.15, 0.2) is 0 Å². The largest absolute Gasteiger partial charge is 0.385 e. The van der Waals surface area contributed by atoms with Crippen LogP contribution in [0.15, 0.2) is 24.4 Å². The number of nitrogens with zero attached hydrogens (tertiary/aromatic N) is 2. The number of fused-ring (bicyclic) bond motifs is 1. The smallest absolute Gasteiger partial charge is 0.0730 e. The maximum Gasteiger partial charge on any atom is 0.0730 e. The Bertz CT molecular complexity index is 600. The quantitative estimate of drug-likeness (QED) is 0.336. The molecule has 100 valence electrons. The van der Waals surface area contributed by atoms with E-state index in [0.717, 1.165) is 36.8 Å². The van der Waals surface area contributed by atoms with Gasteiger partial charge in [-0.1, -0.05) is 11.8 Å². The average molecular weight is 386 g/mol. The Balaban J connectivity index is 2.00. The molecule has 0 aliphatic rings. The van der Waals surface area contributed by atoms with E-state index in [4.69, 9.17) is 4.74 Å². The van der Waals surface area contributed by atoms with E-state index in [1.807, 2.05) is 10.6 Å². The van der Waals surface area contributed by atoms with Gasteiger partial charge in [0.2, 0.25) is 0 Å². The van der Waals surface area contributed by atoms with Crippen molar-refractivity contribution in [3.63, 3.8) is 0 Å². The van der Waals surface area contributed by atoms with E-state index in [1.54, 1.807) is 7.11 Å². The number of hydrogen-bond acceptors (Lipinski definition) is 2. The Hall–Kier alpha value is -0.630. The SMILES string of the molecule is COCCCCC#Cc1ccc2c(cnn2PI)c1. The molecule has 2 rings (SSSR count). The van der Waals surface area contributed by atoms with Crippen LogP contribution in [0.5, 0.6) is 0 Å². The van der Waals surface area contributed by atoms with Crippen LogP contribution in [-0.4, -0.2) is 23.3 Å². The Labute approximate surface area is 128 Å². The van der Waals surface area contributed by atoms with Crippen LogP contribution in [0.2, 0.25) is 0 Å². The Morgan fingerprint density at radius 2 is 2.32 bits per heavy atom. The van der Waals surface area contributed by atoms with Crippen LogP contribution in [0.3, 0.4) is 0 Å². The molecule has 0 spiro atoms. The highest BCUT2D eigenvalue weighted by Gasteiger charge is 2.01. The van der Waals surface area contributed by atoms with Gasteiger partial charge in [0, 0.05) is 31.1 Å². The number of benzene rings is 1. The summed E-state index contributed by atoms with van der Waals surface area (Å²) in [5.74, 6) is 6.43. The van der Waals surface area contributed by atoms with Crippen LogP contribution in [0.25, 0.3) is 10.9 Å². The van der Waals surface area contributed by atoms with Crippen LogP contribution in [0.4, 0.5) is 0 Å². The zero-order chi connectivity index (χ0) is 13.5. The van der Waals surface area contributed by atoms with E-state index in [2.05, 4.69) is 57.2 Å². The van der Waals surface area contributed by atoms with Crippen molar-refractivity contribution in [2.75, 3.05) is 13.7 Å². The predicted octanol–water partition coefficient (Wildman–Crippen LogP) is 4.00. The van der Waals surface area contributed by atoms with Gasteiger partial charge >= 0.3 is 0 Å². The topological polar surface area (TPSA) is 27.1 Å². The molecule has 0 bridgehead atoms. The van der Waals surface area contributed by atoms with E-state index in [9.17, 15) is 0 Å². The first-order chi connectivity index (χ1) is 9.35. The second-order valence-electron chi connectivity index (χ2n) is 4.17. The fourth-order valence-corrected chi connectivity index (χ4v) is 3.35. The molecule has 0 radical (unpaired) electrons. The second-order valence-corrected chi connectivity index (χ2v) is 6.21. The van der Waals surface area contributed by atoms with Gasteiger partial charge in [0.1, 0.15) is 0 Å². The van der Waals surface area contributed by atoms with Crippen LogP contribution in [0, 0.1) is 11.8 Å². The lowest BCUT2D eigenvalue weighted by atomic mass is 10.1. The molecule has 19 heavy (non-hydrogen) atoms. The van der Waals surface area contributed by atoms with Gasteiger partial charge in [-0.05, 0) is 53.1 Å². The highest BCUT2D eigenvalue weighted by molar-refractivity contribution is 14.2. The zero-order valence-corrected chi connectivity index (χ0v) is 14.0. The van der Waals surface area contributed by atoms with Crippen LogP contribution in [-0.2, 0) is 4.74 Å². The van der Waals surface area contributed by atoms with E-state index >= 15 is 0 Å². The molecule has 0 saturated carbocycles. The molecule has 1 aromatic carbocycles. The molecule has 2 aromatic rings. The standard InChI is InChI=1S/C14H16IN2OP/c1-18-9-5-3-2-4-6-12-7-8-14-13(10-12)11-16-17(14)19-15/h7-8,10-11,19H,2-3,5,9H2,1H3. The van der Waals surface area contributed by atoms with Crippen molar-refractivity contribution >= 4 is 39.3 Å². The monoisotopic (exact) mass is 386 g/mol. The molecule has 1 heterocycles. The summed E-state index contributed by atoms with van der Waals surface area (Å²) in [5, 5.41) is 5.51. The van der Waals surface area contributed by atoms with Gasteiger partial charge in [-0.3, -0.25) is 0 Å². The number of ether oxygens (including phenoxy) is 1. The summed E-state index contributed by atoms with van der Waals surface area (Å²) in [6.45, 7) is 0.823. The van der Waals surface area contributed by atoms with Crippen LogP contribution >= 0.6 is 28.4 Å². The first kappa shape index (κ1) is 14.8. The van der Waals surface area contributed by atoms with Gasteiger partial charge in [0.25, 0.3) is 0 Å². The highest BCUT2D eigenvalue weighted by Crippen LogP contribution is 2.28. The summed E-state index contributed by atoms with van der Waals surface area (Å²) in [7, 11) is 1.73. The minimum atomic E-state index is 0.633. The van der Waals surface area contributed by atoms with Crippen LogP contribution < -0.4 is 0 Å². The third-order valence-corrected chi connectivity index (χ3v) is 4.67. The van der Waals surface area contributed by atoms with Gasteiger partial charge in [-0.2, -0.15) is 5.10 Å². The third kappa shape index (κ3) is 4.17. The van der Waals surface area contributed by atoms with Crippen molar-refractivity contribution in [2.24, 2.45) is 0 Å². The number of halogens is 1. The maximum atomic E-state index is 5.01. The van der Waals surface area contributed by atoms with E-state index in [0.29, 0.717) is 6.37 Å². The Morgan fingerprint density at radius 3 is 3.11 bits per heavy atom. The molecular weight excluding hydrogens is 370 g/mol. The normalized spacial score (nSPS) is 11.1. The van der Waals surface area contributed by atoms with Crippen molar-refractivity contribution in [1.82, 2.24) is 9.55 Å². The Kier molecular flexibility index (Phi) is 6.09. The summed E-state index contributed by atoms with van der Waals surface area (Å²) >= 11 is 2.34. The maximum absolute atomic E-state index is 5.01. The van der Waals surface area contributed by atoms with E-state index in [1.165, 1.54) is 5.52 Å². The molecule has 0 saturated heterocycles. The molecule has 1 atom stereocenters. The first-order valence-corrected chi connectivity index (χ1v) is 10.2. The predicted molar refractivity (Wildman–Crippen MR) is 90.1 cm³/mol. The number of unbranched alkanes of at least 4 members (excludes halogenated alkanes) is 2. The highest BCUT2D eigenvalue weighted by atomic mass is 127. The molecule has 1 unspecified atom stereocenters. The summed E-state index contributed by atoms with van der Waals surface area (Å²) in [6.07, 6.45) is 5.64. The van der Waals surface area contributed by atoms with Gasteiger partial charge in [-0.25, -0.2) is 4.45 Å². The molecular formula is C14H16IN2OP. The van der Waals surface area contributed by atoms with Crippen molar-refractivity contribution < 1.29 is 4.74 Å². The number of aromatic nitrogens is 2. The number of rotatable bonds is 5.